The highest BCUT2D eigenvalue weighted by Crippen LogP contribution is 2.30. The summed E-state index contributed by atoms with van der Waals surface area (Å²) in [7, 11) is 1.36. The highest BCUT2D eigenvalue weighted by molar-refractivity contribution is 5.88. The lowest BCUT2D eigenvalue weighted by Crippen LogP contribution is -2.16. The van der Waals surface area contributed by atoms with E-state index in [1.807, 2.05) is 43.3 Å². The van der Waals surface area contributed by atoms with Crippen LogP contribution in [-0.4, -0.2) is 24.0 Å². The van der Waals surface area contributed by atoms with Gasteiger partial charge in [0.2, 0.25) is 0 Å². The molecule has 0 amide bonds. The van der Waals surface area contributed by atoms with Gasteiger partial charge in [-0.1, -0.05) is 48.0 Å². The maximum absolute atomic E-state index is 12.4. The average Bonchev–Trinajstić information content (AvgIpc) is 3.10. The molecule has 0 saturated heterocycles. The lowest BCUT2D eigenvalue weighted by Gasteiger charge is -2.12. The molecule has 4 aromatic rings. The standard InChI is InChI=1S/C26H22F3NO3/c1-17-3-5-18(6-4-17)16-30-22(15-25(31)32-2)14-21-13-20(9-12-24(21)30)19-7-10-23(11-8-19)33-26(27,28)29/h3-14H,15-16H2,1-2H3. The fraction of sp³-hybridized carbons (Fsp3) is 0.192. The number of aryl methyl sites for hydroxylation is 1. The van der Waals surface area contributed by atoms with E-state index < -0.39 is 6.36 Å². The van der Waals surface area contributed by atoms with Crippen LogP contribution >= 0.6 is 0 Å². The minimum absolute atomic E-state index is 0.135. The minimum atomic E-state index is -4.73. The normalized spacial score (nSPS) is 11.5. The van der Waals surface area contributed by atoms with Crippen molar-refractivity contribution in [3.05, 3.63) is 89.6 Å². The van der Waals surface area contributed by atoms with Crippen molar-refractivity contribution in [2.24, 2.45) is 0 Å². The van der Waals surface area contributed by atoms with Crippen LogP contribution in [0.2, 0.25) is 0 Å². The number of carbonyl (C=O) groups excluding carboxylic acids is 1. The largest absolute Gasteiger partial charge is 0.573 e. The van der Waals surface area contributed by atoms with Gasteiger partial charge in [-0.05, 0) is 53.9 Å². The summed E-state index contributed by atoms with van der Waals surface area (Å²) in [6, 6.07) is 21.7. The second kappa shape index (κ2) is 9.02. The molecule has 7 heteroatoms. The molecule has 0 radical (unpaired) electrons. The summed E-state index contributed by atoms with van der Waals surface area (Å²) >= 11 is 0. The minimum Gasteiger partial charge on any atom is -0.469 e. The molecular weight excluding hydrogens is 431 g/mol. The van der Waals surface area contributed by atoms with Gasteiger partial charge >= 0.3 is 12.3 Å². The predicted molar refractivity (Wildman–Crippen MR) is 120 cm³/mol. The maximum Gasteiger partial charge on any atom is 0.573 e. The number of alkyl halides is 3. The van der Waals surface area contributed by atoms with Crippen molar-refractivity contribution < 1.29 is 27.4 Å². The molecule has 0 N–H and O–H groups in total. The van der Waals surface area contributed by atoms with E-state index in [9.17, 15) is 18.0 Å². The number of nitrogens with zero attached hydrogens (tertiary/aromatic N) is 1. The lowest BCUT2D eigenvalue weighted by atomic mass is 10.0. The van der Waals surface area contributed by atoms with Crippen LogP contribution in [0.3, 0.4) is 0 Å². The number of esters is 1. The Balaban J connectivity index is 1.69. The van der Waals surface area contributed by atoms with Crippen LogP contribution in [0.5, 0.6) is 5.75 Å². The number of ether oxygens (including phenoxy) is 2. The van der Waals surface area contributed by atoms with Crippen molar-refractivity contribution >= 4 is 16.9 Å². The van der Waals surface area contributed by atoms with E-state index in [-0.39, 0.29) is 18.1 Å². The molecular formula is C26H22F3NO3. The quantitative estimate of drug-likeness (QED) is 0.323. The molecule has 0 atom stereocenters. The SMILES string of the molecule is COC(=O)Cc1cc2cc(-c3ccc(OC(F)(F)F)cc3)ccc2n1Cc1ccc(C)cc1. The first-order chi connectivity index (χ1) is 15.7. The van der Waals surface area contributed by atoms with Gasteiger partial charge in [-0.2, -0.15) is 0 Å². The molecule has 3 aromatic carbocycles. The fourth-order valence-corrected chi connectivity index (χ4v) is 3.79. The summed E-state index contributed by atoms with van der Waals surface area (Å²) in [6.07, 6.45) is -4.59. The zero-order valence-corrected chi connectivity index (χ0v) is 18.1. The molecule has 0 unspecified atom stereocenters. The average molecular weight is 453 g/mol. The molecule has 4 nitrogen and oxygen atoms in total. The van der Waals surface area contributed by atoms with Crippen LogP contribution in [0.15, 0.2) is 72.8 Å². The summed E-state index contributed by atoms with van der Waals surface area (Å²) in [5, 5.41) is 0.925. The Labute approximate surface area is 189 Å². The van der Waals surface area contributed by atoms with Crippen LogP contribution in [0.4, 0.5) is 13.2 Å². The summed E-state index contributed by atoms with van der Waals surface area (Å²) in [5.74, 6) is -0.597. The third-order valence-corrected chi connectivity index (χ3v) is 5.42. The third kappa shape index (κ3) is 5.37. The monoisotopic (exact) mass is 453 g/mol. The van der Waals surface area contributed by atoms with E-state index in [2.05, 4.69) is 21.4 Å². The number of fused-ring (bicyclic) bond motifs is 1. The molecule has 0 saturated carbocycles. The molecule has 4 rings (SSSR count). The third-order valence-electron chi connectivity index (χ3n) is 5.42. The molecule has 0 aliphatic carbocycles. The summed E-state index contributed by atoms with van der Waals surface area (Å²) in [4.78, 5) is 12.0. The molecule has 33 heavy (non-hydrogen) atoms. The number of methoxy groups -OCH3 is 1. The van der Waals surface area contributed by atoms with Gasteiger partial charge in [0.25, 0.3) is 0 Å². The van der Waals surface area contributed by atoms with Crippen LogP contribution in [0.25, 0.3) is 22.0 Å². The van der Waals surface area contributed by atoms with E-state index in [1.165, 1.54) is 24.8 Å². The van der Waals surface area contributed by atoms with Crippen molar-refractivity contribution in [1.82, 2.24) is 4.57 Å². The number of carbonyl (C=O) groups is 1. The van der Waals surface area contributed by atoms with Crippen molar-refractivity contribution in [2.45, 2.75) is 26.3 Å². The zero-order chi connectivity index (χ0) is 23.6. The van der Waals surface area contributed by atoms with E-state index in [4.69, 9.17) is 4.74 Å². The van der Waals surface area contributed by atoms with Gasteiger partial charge in [-0.3, -0.25) is 4.79 Å². The van der Waals surface area contributed by atoms with Gasteiger partial charge in [0.1, 0.15) is 5.75 Å². The second-order valence-corrected chi connectivity index (χ2v) is 7.81. The van der Waals surface area contributed by atoms with Gasteiger partial charge < -0.3 is 14.0 Å². The molecule has 0 aliphatic rings. The molecule has 0 aliphatic heterocycles. The first-order valence-electron chi connectivity index (χ1n) is 10.3. The molecule has 1 heterocycles. The topological polar surface area (TPSA) is 40.5 Å². The number of rotatable bonds is 6. The Kier molecular flexibility index (Phi) is 6.14. The first kappa shape index (κ1) is 22.5. The number of halogens is 3. The Morgan fingerprint density at radius 2 is 1.58 bits per heavy atom. The highest BCUT2D eigenvalue weighted by Gasteiger charge is 2.31. The lowest BCUT2D eigenvalue weighted by molar-refractivity contribution is -0.274. The van der Waals surface area contributed by atoms with Crippen LogP contribution in [0, 0.1) is 6.92 Å². The molecule has 0 fully saturated rings. The molecule has 1 aromatic heterocycles. The number of hydrogen-bond acceptors (Lipinski definition) is 3. The van der Waals surface area contributed by atoms with Gasteiger partial charge in [0, 0.05) is 23.1 Å². The van der Waals surface area contributed by atoms with E-state index >= 15 is 0 Å². The summed E-state index contributed by atoms with van der Waals surface area (Å²) in [6.45, 7) is 2.62. The van der Waals surface area contributed by atoms with Gasteiger partial charge in [-0.15, -0.1) is 13.2 Å². The van der Waals surface area contributed by atoms with Crippen molar-refractivity contribution in [3.8, 4) is 16.9 Å². The van der Waals surface area contributed by atoms with Gasteiger partial charge in [-0.25, -0.2) is 0 Å². The first-order valence-corrected chi connectivity index (χ1v) is 10.3. The second-order valence-electron chi connectivity index (χ2n) is 7.81. The Morgan fingerprint density at radius 1 is 0.909 bits per heavy atom. The zero-order valence-electron chi connectivity index (χ0n) is 18.1. The summed E-state index contributed by atoms with van der Waals surface area (Å²) in [5.41, 5.74) is 5.65. The van der Waals surface area contributed by atoms with E-state index in [1.54, 1.807) is 12.1 Å². The molecule has 0 spiro atoms. The number of benzene rings is 3. The van der Waals surface area contributed by atoms with Crippen molar-refractivity contribution in [1.29, 1.82) is 0 Å². The predicted octanol–water partition coefficient (Wildman–Crippen LogP) is 6.28. The highest BCUT2D eigenvalue weighted by atomic mass is 19.4. The Hall–Kier alpha value is -3.74. The molecule has 170 valence electrons. The van der Waals surface area contributed by atoms with Crippen molar-refractivity contribution in [3.63, 3.8) is 0 Å². The Morgan fingerprint density at radius 3 is 2.21 bits per heavy atom. The van der Waals surface area contributed by atoms with Crippen LogP contribution < -0.4 is 4.74 Å². The van der Waals surface area contributed by atoms with Gasteiger partial charge in [0.05, 0.1) is 13.5 Å². The summed E-state index contributed by atoms with van der Waals surface area (Å²) < 4.78 is 48.1. The fourth-order valence-electron chi connectivity index (χ4n) is 3.79. The maximum atomic E-state index is 12.4. The van der Waals surface area contributed by atoms with E-state index in [0.717, 1.165) is 33.3 Å². The number of aromatic nitrogens is 1. The van der Waals surface area contributed by atoms with E-state index in [0.29, 0.717) is 6.54 Å². The molecule has 0 bridgehead atoms. The number of hydrogen-bond donors (Lipinski definition) is 0. The van der Waals surface area contributed by atoms with Crippen LogP contribution in [0.1, 0.15) is 16.8 Å². The van der Waals surface area contributed by atoms with Crippen molar-refractivity contribution in [2.75, 3.05) is 7.11 Å². The Bertz CT molecular complexity index is 1270. The van der Waals surface area contributed by atoms with Crippen LogP contribution in [-0.2, 0) is 22.5 Å². The smallest absolute Gasteiger partial charge is 0.469 e. The van der Waals surface area contributed by atoms with Gasteiger partial charge in [0.15, 0.2) is 0 Å².